The summed E-state index contributed by atoms with van der Waals surface area (Å²) in [6.07, 6.45) is -4.41. The number of hydrogen-bond acceptors (Lipinski definition) is 10. The Morgan fingerprint density at radius 2 is 1.22 bits per heavy atom. The van der Waals surface area contributed by atoms with Gasteiger partial charge in [-0.1, -0.05) is 114 Å². The molecule has 0 unspecified atom stereocenters. The third-order valence-corrected chi connectivity index (χ3v) is 21.7. The fourth-order valence-corrected chi connectivity index (χ4v) is 9.76. The van der Waals surface area contributed by atoms with E-state index in [4.69, 9.17) is 23.1 Å². The first-order valence-corrected chi connectivity index (χ1v) is 27.7. The van der Waals surface area contributed by atoms with E-state index in [-0.39, 0.29) is 16.6 Å². The van der Waals surface area contributed by atoms with E-state index in [0.717, 1.165) is 21.3 Å². The van der Waals surface area contributed by atoms with Crippen molar-refractivity contribution in [3.8, 4) is 5.75 Å². The van der Waals surface area contributed by atoms with Crippen molar-refractivity contribution < 1.29 is 33.0 Å². The fraction of sp³-hybridized carbons (Fsp3) is 0.531. The molecule has 12 nitrogen and oxygen atoms in total. The molecule has 1 aliphatic rings. The molecular formula is C49H71N3O9Si2. The van der Waals surface area contributed by atoms with Crippen LogP contribution in [0.15, 0.2) is 107 Å². The number of hydrogen-bond donors (Lipinski definition) is 1. The highest BCUT2D eigenvalue weighted by molar-refractivity contribution is 6.74. The smallest absolute Gasteiger partial charge is 0.333 e. The zero-order valence-electron chi connectivity index (χ0n) is 39.9. The second-order valence-electron chi connectivity index (χ2n) is 20.8. The van der Waals surface area contributed by atoms with Crippen LogP contribution >= 0.6 is 0 Å². The van der Waals surface area contributed by atoms with Gasteiger partial charge in [0.05, 0.1) is 13.7 Å². The molecule has 0 aliphatic carbocycles. The molecule has 0 bridgehead atoms. The highest BCUT2D eigenvalue weighted by Crippen LogP contribution is 2.46. The summed E-state index contributed by atoms with van der Waals surface area (Å²) in [5, 5.41) is 12.6. The third-order valence-electron chi connectivity index (χ3n) is 12.7. The summed E-state index contributed by atoms with van der Waals surface area (Å²) in [7, 11) is -3.87. The molecule has 0 amide bonds. The maximum Gasteiger partial charge on any atom is 0.333 e. The average molecular weight is 902 g/mol. The van der Waals surface area contributed by atoms with E-state index in [0.29, 0.717) is 18.8 Å². The molecule has 0 radical (unpaired) electrons. The standard InChI is InChI=1S/C49H71N3O9Si2/c1-47(2,3)59-45(55)39(50(31-34-21-17-15-18-22-34)32-35-23-19-16-20-24-35)40(54)41-42(60-62(11,12)48(4,5)6)43(61-63(13,14)49(7,8)9)44(58-41)51-30-29-38(53)52(46(51)56)33-36-25-27-37(57-10)28-26-36/h15-30,39-44,54H,31-33H2,1-14H3/t39-,40+,41+,42-,43-,44+/m0/s1. The van der Waals surface area contributed by atoms with Crippen LogP contribution in [-0.4, -0.2) is 84.9 Å². The number of carbonyl (C=O) groups is 1. The number of aromatic nitrogens is 2. The molecule has 0 saturated carbocycles. The van der Waals surface area contributed by atoms with Gasteiger partial charge >= 0.3 is 11.7 Å². The molecular weight excluding hydrogens is 831 g/mol. The Labute approximate surface area is 376 Å². The zero-order chi connectivity index (χ0) is 46.7. The number of aliphatic hydroxyl groups is 1. The Hall–Kier alpha value is -4.16. The highest BCUT2D eigenvalue weighted by Gasteiger charge is 2.58. The molecule has 1 aliphatic heterocycles. The number of carbonyl (C=O) groups excluding carboxylic acids is 1. The summed E-state index contributed by atoms with van der Waals surface area (Å²) >= 11 is 0. The van der Waals surface area contributed by atoms with E-state index >= 15 is 0 Å². The van der Waals surface area contributed by atoms with Gasteiger partial charge in [0, 0.05) is 25.4 Å². The summed E-state index contributed by atoms with van der Waals surface area (Å²) < 4.78 is 35.8. The van der Waals surface area contributed by atoms with Gasteiger partial charge in [-0.25, -0.2) is 4.79 Å². The summed E-state index contributed by atoms with van der Waals surface area (Å²) in [5.41, 5.74) is 0.581. The van der Waals surface area contributed by atoms with Crippen molar-refractivity contribution in [1.82, 2.24) is 14.0 Å². The first-order chi connectivity index (χ1) is 29.2. The predicted molar refractivity (Wildman–Crippen MR) is 253 cm³/mol. The van der Waals surface area contributed by atoms with Crippen LogP contribution in [0.5, 0.6) is 5.75 Å². The van der Waals surface area contributed by atoms with Crippen LogP contribution in [-0.2, 0) is 42.8 Å². The molecule has 14 heteroatoms. The Kier molecular flexibility index (Phi) is 15.4. The minimum Gasteiger partial charge on any atom is -0.497 e. The lowest BCUT2D eigenvalue weighted by molar-refractivity contribution is -0.175. The molecule has 0 spiro atoms. The summed E-state index contributed by atoms with van der Waals surface area (Å²) in [6, 6.07) is 26.8. The number of esters is 1. The monoisotopic (exact) mass is 901 g/mol. The molecule has 5 rings (SSSR count). The lowest BCUT2D eigenvalue weighted by Gasteiger charge is -2.45. The van der Waals surface area contributed by atoms with E-state index in [1.54, 1.807) is 52.1 Å². The molecule has 1 saturated heterocycles. The van der Waals surface area contributed by atoms with Crippen LogP contribution in [0.25, 0.3) is 0 Å². The molecule has 63 heavy (non-hydrogen) atoms. The largest absolute Gasteiger partial charge is 0.497 e. The third kappa shape index (κ3) is 12.2. The number of methoxy groups -OCH3 is 1. The van der Waals surface area contributed by atoms with Crippen molar-refractivity contribution in [2.24, 2.45) is 0 Å². The van der Waals surface area contributed by atoms with Crippen LogP contribution in [0.4, 0.5) is 0 Å². The molecule has 4 aromatic rings. The summed E-state index contributed by atoms with van der Waals surface area (Å²) in [5.74, 6) is 0.0155. The first-order valence-electron chi connectivity index (χ1n) is 21.9. The molecule has 6 atom stereocenters. The summed E-state index contributed by atoms with van der Waals surface area (Å²) in [6.45, 7) is 27.2. The van der Waals surface area contributed by atoms with Gasteiger partial charge in [0.1, 0.15) is 41.8 Å². The molecule has 3 aromatic carbocycles. The second kappa shape index (κ2) is 19.5. The quantitative estimate of drug-likeness (QED) is 0.0863. The number of rotatable bonds is 16. The Morgan fingerprint density at radius 3 is 1.68 bits per heavy atom. The van der Waals surface area contributed by atoms with E-state index in [1.165, 1.54) is 16.8 Å². The number of aliphatic hydroxyl groups excluding tert-OH is 1. The molecule has 1 aromatic heterocycles. The normalized spacial score (nSPS) is 19.8. The van der Waals surface area contributed by atoms with E-state index in [2.05, 4.69) is 67.7 Å². The maximum absolute atomic E-state index is 14.8. The Morgan fingerprint density at radius 1 is 0.730 bits per heavy atom. The maximum atomic E-state index is 14.8. The SMILES string of the molecule is COc1ccc(Cn2c(=O)ccn([C@@H]3O[C@H]([C@H](O)[C@@H](C(=O)OC(C)(C)C)N(Cc4ccccc4)Cc4ccccc4)[C@H](O[Si](C)(C)C(C)(C)C)[C@@H]3O[Si](C)(C)C(C)(C)C)c2=O)cc1. The fourth-order valence-electron chi connectivity index (χ4n) is 7.18. The van der Waals surface area contributed by atoms with Gasteiger partial charge in [0.2, 0.25) is 0 Å². The predicted octanol–water partition coefficient (Wildman–Crippen LogP) is 8.52. The van der Waals surface area contributed by atoms with Crippen LogP contribution in [0, 0.1) is 0 Å². The van der Waals surface area contributed by atoms with Gasteiger partial charge in [-0.2, -0.15) is 0 Å². The zero-order valence-corrected chi connectivity index (χ0v) is 41.9. The van der Waals surface area contributed by atoms with Crippen molar-refractivity contribution in [2.45, 2.75) is 160 Å². The van der Waals surface area contributed by atoms with Crippen molar-refractivity contribution in [3.05, 3.63) is 135 Å². The second-order valence-corrected chi connectivity index (χ2v) is 30.3. The number of benzene rings is 3. The van der Waals surface area contributed by atoms with Gasteiger partial charge in [0.25, 0.3) is 5.56 Å². The van der Waals surface area contributed by atoms with Crippen molar-refractivity contribution in [2.75, 3.05) is 7.11 Å². The lowest BCUT2D eigenvalue weighted by Crippen LogP contribution is -2.59. The van der Waals surface area contributed by atoms with E-state index < -0.39 is 76.1 Å². The number of ether oxygens (including phenoxy) is 3. The Balaban J connectivity index is 1.74. The lowest BCUT2D eigenvalue weighted by atomic mass is 9.97. The van der Waals surface area contributed by atoms with Gasteiger partial charge in [-0.05, 0) is 85.9 Å². The van der Waals surface area contributed by atoms with E-state index in [9.17, 15) is 19.5 Å². The minimum atomic E-state index is -2.73. The molecule has 344 valence electrons. The van der Waals surface area contributed by atoms with Crippen LogP contribution in [0.1, 0.15) is 85.2 Å². The van der Waals surface area contributed by atoms with Gasteiger partial charge in [-0.15, -0.1) is 0 Å². The first kappa shape index (κ1) is 49.9. The molecule has 1 N–H and O–H groups in total. The van der Waals surface area contributed by atoms with Crippen LogP contribution < -0.4 is 16.0 Å². The van der Waals surface area contributed by atoms with Gasteiger partial charge < -0.3 is 28.2 Å². The average Bonchev–Trinajstić information content (AvgIpc) is 3.51. The van der Waals surface area contributed by atoms with Crippen molar-refractivity contribution in [1.29, 1.82) is 0 Å². The minimum absolute atomic E-state index is 0.00637. The van der Waals surface area contributed by atoms with Crippen LogP contribution in [0.3, 0.4) is 0 Å². The molecule has 2 heterocycles. The van der Waals surface area contributed by atoms with Gasteiger partial charge in [0.15, 0.2) is 22.9 Å². The number of nitrogens with zero attached hydrogens (tertiary/aromatic N) is 3. The van der Waals surface area contributed by atoms with Crippen LogP contribution in [0.2, 0.25) is 36.3 Å². The topological polar surface area (TPSA) is 131 Å². The highest BCUT2D eigenvalue weighted by atomic mass is 28.4. The Bertz CT molecular complexity index is 2200. The van der Waals surface area contributed by atoms with Crippen molar-refractivity contribution in [3.63, 3.8) is 0 Å². The molecule has 1 fully saturated rings. The van der Waals surface area contributed by atoms with E-state index in [1.807, 2.05) is 65.6 Å². The van der Waals surface area contributed by atoms with Crippen molar-refractivity contribution >= 4 is 22.6 Å². The van der Waals surface area contributed by atoms with Gasteiger partial charge in [-0.3, -0.25) is 23.6 Å². The summed E-state index contributed by atoms with van der Waals surface area (Å²) in [4.78, 5) is 45.0.